The Kier molecular flexibility index (Phi) is 11.5. The van der Waals surface area contributed by atoms with Gasteiger partial charge >= 0.3 is 0 Å². The van der Waals surface area contributed by atoms with Crippen LogP contribution in [-0.4, -0.2) is 43.8 Å². The maximum atomic E-state index is 14.7. The van der Waals surface area contributed by atoms with Crippen molar-refractivity contribution in [1.29, 1.82) is 0 Å². The Morgan fingerprint density at radius 1 is 0.830 bits per heavy atom. The Hall–Kier alpha value is -3.56. The third-order valence-corrected chi connectivity index (χ3v) is 11.2. The summed E-state index contributed by atoms with van der Waals surface area (Å²) in [6, 6.07) is 26.2. The molecule has 0 radical (unpaired) electrons. The first-order valence-electron chi connectivity index (χ1n) is 15.4. The summed E-state index contributed by atoms with van der Waals surface area (Å²) in [5.41, 5.74) is 2.28. The first kappa shape index (κ1) is 34.8. The number of aryl methyl sites for hydroxylation is 1. The highest BCUT2D eigenvalue weighted by molar-refractivity contribution is 7.92. The van der Waals surface area contributed by atoms with Gasteiger partial charge in [0.15, 0.2) is 0 Å². The summed E-state index contributed by atoms with van der Waals surface area (Å²) in [5.74, 6) is -0.912. The quantitative estimate of drug-likeness (QED) is 0.162. The average Bonchev–Trinajstić information content (AvgIpc) is 3.57. The van der Waals surface area contributed by atoms with Gasteiger partial charge in [0.2, 0.25) is 11.8 Å². The van der Waals surface area contributed by atoms with Gasteiger partial charge in [-0.1, -0.05) is 102 Å². The number of para-hydroxylation sites is 1. The van der Waals surface area contributed by atoms with E-state index in [0.29, 0.717) is 31.9 Å². The molecule has 246 valence electrons. The van der Waals surface area contributed by atoms with Gasteiger partial charge in [-0.25, -0.2) is 8.42 Å². The van der Waals surface area contributed by atoms with Crippen LogP contribution in [0.5, 0.6) is 0 Å². The van der Waals surface area contributed by atoms with Crippen LogP contribution >= 0.6 is 34.8 Å². The number of amides is 2. The molecule has 11 heteroatoms. The molecule has 4 aromatic carbocycles. The molecular formula is C36H36Cl3N3O4S. The highest BCUT2D eigenvalue weighted by Crippen LogP contribution is 2.31. The van der Waals surface area contributed by atoms with Gasteiger partial charge in [-0.05, 0) is 73.4 Å². The summed E-state index contributed by atoms with van der Waals surface area (Å²) in [5, 5.41) is 4.20. The van der Waals surface area contributed by atoms with E-state index in [1.165, 1.54) is 29.2 Å². The maximum absolute atomic E-state index is 14.7. The fourth-order valence-corrected chi connectivity index (χ4v) is 7.99. The van der Waals surface area contributed by atoms with Crippen LogP contribution in [0.25, 0.3) is 0 Å². The standard InChI is InChI=1S/C36H36Cl3N3O4S/c1-25-10-5-8-17-33(25)42(47(45,46)29-20-18-27(37)19-21-29)24-35(43)41(23-30-31(38)15-9-16-32(30)39)34(22-26-11-3-2-4-12-26)36(44)40-28-13-6-7-14-28/h2-5,8-12,15-21,28,34H,6-7,13-14,22-24H2,1H3,(H,40,44)/t34-/m0/s1. The van der Waals surface area contributed by atoms with Crippen LogP contribution in [-0.2, 0) is 32.6 Å². The maximum Gasteiger partial charge on any atom is 0.264 e. The van der Waals surface area contributed by atoms with E-state index in [9.17, 15) is 18.0 Å². The zero-order chi connectivity index (χ0) is 33.6. The monoisotopic (exact) mass is 711 g/mol. The molecule has 1 fully saturated rings. The highest BCUT2D eigenvalue weighted by Gasteiger charge is 2.36. The predicted molar refractivity (Wildman–Crippen MR) is 189 cm³/mol. The van der Waals surface area contributed by atoms with Crippen molar-refractivity contribution in [3.05, 3.63) is 129 Å². The van der Waals surface area contributed by atoms with Crippen molar-refractivity contribution in [2.24, 2.45) is 0 Å². The van der Waals surface area contributed by atoms with Crippen molar-refractivity contribution >= 4 is 62.3 Å². The third-order valence-electron chi connectivity index (χ3n) is 8.43. The van der Waals surface area contributed by atoms with Crippen LogP contribution in [0.4, 0.5) is 5.69 Å². The van der Waals surface area contributed by atoms with E-state index in [2.05, 4.69) is 5.32 Å². The van der Waals surface area contributed by atoms with Gasteiger partial charge in [-0.2, -0.15) is 0 Å². The summed E-state index contributed by atoms with van der Waals surface area (Å²) < 4.78 is 29.6. The number of rotatable bonds is 12. The normalized spacial score (nSPS) is 14.0. The first-order valence-corrected chi connectivity index (χ1v) is 18.0. The minimum atomic E-state index is -4.26. The fourth-order valence-electron chi connectivity index (χ4n) is 5.87. The number of halogens is 3. The Bertz CT molecular complexity index is 1790. The van der Waals surface area contributed by atoms with Crippen molar-refractivity contribution < 1.29 is 18.0 Å². The summed E-state index contributed by atoms with van der Waals surface area (Å²) >= 11 is 19.3. The molecule has 1 aliphatic rings. The number of carbonyl (C=O) groups is 2. The summed E-state index contributed by atoms with van der Waals surface area (Å²) in [4.78, 5) is 30.2. The molecule has 0 aliphatic heterocycles. The number of nitrogens with zero attached hydrogens (tertiary/aromatic N) is 2. The molecular weight excluding hydrogens is 677 g/mol. The number of hydrogen-bond acceptors (Lipinski definition) is 4. The van der Waals surface area contributed by atoms with Crippen molar-refractivity contribution in [3.8, 4) is 0 Å². The number of benzene rings is 4. The van der Waals surface area contributed by atoms with Crippen LogP contribution < -0.4 is 9.62 Å². The fraction of sp³-hybridized carbons (Fsp3) is 0.278. The van der Waals surface area contributed by atoms with Crippen molar-refractivity contribution in [3.63, 3.8) is 0 Å². The van der Waals surface area contributed by atoms with E-state index in [1.54, 1.807) is 49.4 Å². The molecule has 0 aromatic heterocycles. The van der Waals surface area contributed by atoms with E-state index in [-0.39, 0.29) is 29.8 Å². The number of carbonyl (C=O) groups excluding carboxylic acids is 2. The van der Waals surface area contributed by atoms with E-state index >= 15 is 0 Å². The lowest BCUT2D eigenvalue weighted by Gasteiger charge is -2.35. The molecule has 2 amide bonds. The number of hydrogen-bond donors (Lipinski definition) is 1. The Balaban J connectivity index is 1.60. The van der Waals surface area contributed by atoms with E-state index < -0.39 is 28.5 Å². The lowest BCUT2D eigenvalue weighted by Crippen LogP contribution is -2.54. The SMILES string of the molecule is Cc1ccccc1N(CC(=O)N(Cc1c(Cl)cccc1Cl)[C@@H](Cc1ccccc1)C(=O)NC1CCCC1)S(=O)(=O)c1ccc(Cl)cc1. The molecule has 47 heavy (non-hydrogen) atoms. The number of anilines is 1. The highest BCUT2D eigenvalue weighted by atomic mass is 35.5. The molecule has 5 rings (SSSR count). The van der Waals surface area contributed by atoms with E-state index in [4.69, 9.17) is 34.8 Å². The second-order valence-corrected chi connectivity index (χ2v) is 14.8. The van der Waals surface area contributed by atoms with Crippen LogP contribution in [0.2, 0.25) is 15.1 Å². The van der Waals surface area contributed by atoms with E-state index in [0.717, 1.165) is 35.6 Å². The van der Waals surface area contributed by atoms with Gasteiger partial charge in [0, 0.05) is 39.6 Å². The van der Waals surface area contributed by atoms with E-state index in [1.807, 2.05) is 30.3 Å². The first-order chi connectivity index (χ1) is 22.5. The van der Waals surface area contributed by atoms with Crippen molar-refractivity contribution in [2.75, 3.05) is 10.8 Å². The molecule has 7 nitrogen and oxygen atoms in total. The van der Waals surface area contributed by atoms with Crippen LogP contribution in [0.1, 0.15) is 42.4 Å². The number of sulfonamides is 1. The summed E-state index contributed by atoms with van der Waals surface area (Å²) in [6.45, 7) is 1.08. The molecule has 0 heterocycles. The number of nitrogens with one attached hydrogen (secondary N) is 1. The molecule has 4 aromatic rings. The lowest BCUT2D eigenvalue weighted by molar-refractivity contribution is -0.140. The minimum Gasteiger partial charge on any atom is -0.352 e. The zero-order valence-electron chi connectivity index (χ0n) is 25.9. The zero-order valence-corrected chi connectivity index (χ0v) is 29.0. The Morgan fingerprint density at radius 3 is 2.09 bits per heavy atom. The van der Waals surface area contributed by atoms with Gasteiger partial charge in [0.05, 0.1) is 10.6 Å². The largest absolute Gasteiger partial charge is 0.352 e. The van der Waals surface area contributed by atoms with Gasteiger partial charge in [-0.15, -0.1) is 0 Å². The molecule has 1 N–H and O–H groups in total. The Morgan fingerprint density at radius 2 is 1.45 bits per heavy atom. The van der Waals surface area contributed by atoms with Gasteiger partial charge in [-0.3, -0.25) is 13.9 Å². The minimum absolute atomic E-state index is 0.00428. The Labute approximate surface area is 291 Å². The smallest absolute Gasteiger partial charge is 0.264 e. The second kappa shape index (κ2) is 15.6. The van der Waals surface area contributed by atoms with Gasteiger partial charge in [0.1, 0.15) is 12.6 Å². The lowest BCUT2D eigenvalue weighted by atomic mass is 10.0. The molecule has 0 unspecified atom stereocenters. The van der Waals surface area contributed by atoms with Gasteiger partial charge in [0.25, 0.3) is 10.0 Å². The van der Waals surface area contributed by atoms with Crippen LogP contribution in [0.15, 0.2) is 102 Å². The van der Waals surface area contributed by atoms with Crippen molar-refractivity contribution in [2.45, 2.75) is 62.6 Å². The molecule has 1 aliphatic carbocycles. The molecule has 1 atom stereocenters. The molecule has 1 saturated carbocycles. The summed E-state index contributed by atoms with van der Waals surface area (Å²) in [6.07, 6.45) is 3.94. The van der Waals surface area contributed by atoms with Gasteiger partial charge < -0.3 is 10.2 Å². The molecule has 0 bridgehead atoms. The average molecular weight is 713 g/mol. The molecule has 0 spiro atoms. The topological polar surface area (TPSA) is 86.8 Å². The predicted octanol–water partition coefficient (Wildman–Crippen LogP) is 7.85. The summed E-state index contributed by atoms with van der Waals surface area (Å²) in [7, 11) is -4.26. The third kappa shape index (κ3) is 8.49. The second-order valence-electron chi connectivity index (χ2n) is 11.7. The van der Waals surface area contributed by atoms with Crippen LogP contribution in [0, 0.1) is 6.92 Å². The van der Waals surface area contributed by atoms with Crippen LogP contribution in [0.3, 0.4) is 0 Å². The van der Waals surface area contributed by atoms with Crippen molar-refractivity contribution in [1.82, 2.24) is 10.2 Å². The molecule has 0 saturated heterocycles.